The Kier molecular flexibility index (Phi) is 2.72. The van der Waals surface area contributed by atoms with Crippen LogP contribution in [0, 0.1) is 11.6 Å². The van der Waals surface area contributed by atoms with E-state index in [9.17, 15) is 17.6 Å². The second kappa shape index (κ2) is 3.43. The second-order valence-electron chi connectivity index (χ2n) is 2.10. The number of benzene rings is 1. The van der Waals surface area contributed by atoms with E-state index >= 15 is 0 Å². The van der Waals surface area contributed by atoms with Gasteiger partial charge in [0.2, 0.25) is 0 Å². The summed E-state index contributed by atoms with van der Waals surface area (Å²) in [7, 11) is 0. The van der Waals surface area contributed by atoms with Gasteiger partial charge < -0.3 is 0 Å². The zero-order valence-corrected chi connectivity index (χ0v) is 7.21. The zero-order valence-electron chi connectivity index (χ0n) is 5.62. The molecule has 0 nitrogen and oxygen atoms in total. The number of alkyl halides is 2. The Morgan fingerprint density at radius 2 is 1.75 bits per heavy atom. The van der Waals surface area contributed by atoms with Crippen LogP contribution in [0.5, 0.6) is 0 Å². The second-order valence-corrected chi connectivity index (χ2v) is 2.95. The first kappa shape index (κ1) is 9.51. The average Bonchev–Trinajstić information content (AvgIpc) is 1.99. The first-order chi connectivity index (χ1) is 5.52. The molecule has 1 aromatic carbocycles. The van der Waals surface area contributed by atoms with E-state index in [-0.39, 0.29) is 4.47 Å². The lowest BCUT2D eigenvalue weighted by Crippen LogP contribution is -1.91. The summed E-state index contributed by atoms with van der Waals surface area (Å²) in [6.07, 6.45) is -2.80. The van der Waals surface area contributed by atoms with Crippen molar-refractivity contribution in [3.8, 4) is 0 Å². The molecule has 0 aliphatic rings. The van der Waals surface area contributed by atoms with E-state index in [4.69, 9.17) is 0 Å². The summed E-state index contributed by atoms with van der Waals surface area (Å²) in [6.45, 7) is 0. The fourth-order valence-corrected chi connectivity index (χ4v) is 1.15. The van der Waals surface area contributed by atoms with Gasteiger partial charge in [0.1, 0.15) is 0 Å². The molecule has 0 unspecified atom stereocenters. The molecule has 0 amide bonds. The van der Waals surface area contributed by atoms with E-state index in [2.05, 4.69) is 15.9 Å². The average molecular weight is 243 g/mol. The lowest BCUT2D eigenvalue weighted by atomic mass is 10.2. The molecule has 0 aliphatic heterocycles. The first-order valence-electron chi connectivity index (χ1n) is 2.95. The van der Waals surface area contributed by atoms with E-state index in [0.717, 1.165) is 6.07 Å². The van der Waals surface area contributed by atoms with E-state index in [1.165, 1.54) is 0 Å². The highest BCUT2D eigenvalue weighted by molar-refractivity contribution is 9.10. The zero-order chi connectivity index (χ0) is 9.30. The Balaban J connectivity index is 3.21. The number of hydrogen-bond acceptors (Lipinski definition) is 0. The van der Waals surface area contributed by atoms with Crippen LogP contribution in [-0.2, 0) is 0 Å². The Morgan fingerprint density at radius 3 is 2.17 bits per heavy atom. The van der Waals surface area contributed by atoms with Crippen molar-refractivity contribution < 1.29 is 17.6 Å². The molecule has 1 aromatic rings. The monoisotopic (exact) mass is 242 g/mol. The maximum atomic E-state index is 12.5. The quantitative estimate of drug-likeness (QED) is 0.521. The lowest BCUT2D eigenvalue weighted by molar-refractivity contribution is 0.150. The molecule has 0 radical (unpaired) electrons. The summed E-state index contributed by atoms with van der Waals surface area (Å²) in [5.41, 5.74) is -0.541. The molecule has 0 N–H and O–H groups in total. The number of rotatable bonds is 1. The van der Waals surface area contributed by atoms with Crippen molar-refractivity contribution >= 4 is 15.9 Å². The number of hydrogen-bond donors (Lipinski definition) is 0. The van der Waals surface area contributed by atoms with Crippen LogP contribution < -0.4 is 0 Å². The molecular formula is C7H3BrF4. The minimum absolute atomic E-state index is 0.294. The van der Waals surface area contributed by atoms with Gasteiger partial charge in [-0.2, -0.15) is 0 Å². The van der Waals surface area contributed by atoms with Crippen LogP contribution in [0.15, 0.2) is 16.6 Å². The van der Waals surface area contributed by atoms with Crippen LogP contribution in [0.25, 0.3) is 0 Å². The molecule has 0 fully saturated rings. The molecule has 66 valence electrons. The van der Waals surface area contributed by atoms with Crippen LogP contribution in [0.2, 0.25) is 0 Å². The van der Waals surface area contributed by atoms with Crippen molar-refractivity contribution in [2.45, 2.75) is 6.43 Å². The van der Waals surface area contributed by atoms with Crippen molar-refractivity contribution in [3.05, 3.63) is 33.8 Å². The van der Waals surface area contributed by atoms with E-state index in [1.54, 1.807) is 0 Å². The Bertz CT molecular complexity index is 274. The summed E-state index contributed by atoms with van der Waals surface area (Å²) >= 11 is 2.62. The van der Waals surface area contributed by atoms with E-state index in [0.29, 0.717) is 6.07 Å². The highest BCUT2D eigenvalue weighted by Gasteiger charge is 2.13. The van der Waals surface area contributed by atoms with Gasteiger partial charge in [0.25, 0.3) is 6.43 Å². The Morgan fingerprint density at radius 1 is 1.17 bits per heavy atom. The predicted molar refractivity (Wildman–Crippen MR) is 39.0 cm³/mol. The summed E-state index contributed by atoms with van der Waals surface area (Å²) in [4.78, 5) is 0. The normalized spacial score (nSPS) is 10.8. The third-order valence-corrected chi connectivity index (χ3v) is 1.84. The fourth-order valence-electron chi connectivity index (χ4n) is 0.701. The third-order valence-electron chi connectivity index (χ3n) is 1.26. The van der Waals surface area contributed by atoms with Crippen LogP contribution in [0.4, 0.5) is 17.6 Å². The summed E-state index contributed by atoms with van der Waals surface area (Å²) in [5, 5.41) is 0. The van der Waals surface area contributed by atoms with Gasteiger partial charge in [-0.1, -0.05) is 0 Å². The minimum atomic E-state index is -2.80. The van der Waals surface area contributed by atoms with Crippen LogP contribution >= 0.6 is 15.9 Å². The smallest absolute Gasteiger partial charge is 0.205 e. The minimum Gasteiger partial charge on any atom is -0.205 e. The van der Waals surface area contributed by atoms with E-state index in [1.807, 2.05) is 0 Å². The molecule has 0 heterocycles. The third kappa shape index (κ3) is 1.77. The first-order valence-corrected chi connectivity index (χ1v) is 3.74. The lowest BCUT2D eigenvalue weighted by Gasteiger charge is -2.01. The van der Waals surface area contributed by atoms with Gasteiger partial charge in [-0.15, -0.1) is 0 Å². The van der Waals surface area contributed by atoms with Crippen LogP contribution in [0.3, 0.4) is 0 Å². The Labute approximate surface area is 74.3 Å². The van der Waals surface area contributed by atoms with Gasteiger partial charge >= 0.3 is 0 Å². The predicted octanol–water partition coefficient (Wildman–Crippen LogP) is 3.66. The Hall–Kier alpha value is -0.580. The summed E-state index contributed by atoms with van der Waals surface area (Å²) < 4.78 is 48.6. The molecule has 0 aromatic heterocycles. The summed E-state index contributed by atoms with van der Waals surface area (Å²) in [6, 6.07) is 1.33. The van der Waals surface area contributed by atoms with Crippen molar-refractivity contribution in [1.82, 2.24) is 0 Å². The van der Waals surface area contributed by atoms with Gasteiger partial charge in [-0.25, -0.2) is 17.6 Å². The van der Waals surface area contributed by atoms with Gasteiger partial charge in [-0.3, -0.25) is 0 Å². The van der Waals surface area contributed by atoms with Crippen LogP contribution in [-0.4, -0.2) is 0 Å². The molecule has 0 saturated carbocycles. The molecule has 0 atom stereocenters. The van der Waals surface area contributed by atoms with Gasteiger partial charge in [-0.05, 0) is 28.1 Å². The maximum Gasteiger partial charge on any atom is 0.263 e. The van der Waals surface area contributed by atoms with E-state index < -0.39 is 23.6 Å². The SMILES string of the molecule is Fc1cc(C(F)F)cc(Br)c1F. The molecule has 12 heavy (non-hydrogen) atoms. The van der Waals surface area contributed by atoms with Gasteiger partial charge in [0.05, 0.1) is 4.47 Å². The van der Waals surface area contributed by atoms with Crippen molar-refractivity contribution in [2.24, 2.45) is 0 Å². The molecule has 0 bridgehead atoms. The fraction of sp³-hybridized carbons (Fsp3) is 0.143. The highest BCUT2D eigenvalue weighted by Crippen LogP contribution is 2.26. The van der Waals surface area contributed by atoms with Crippen LogP contribution in [0.1, 0.15) is 12.0 Å². The van der Waals surface area contributed by atoms with Crippen molar-refractivity contribution in [2.75, 3.05) is 0 Å². The van der Waals surface area contributed by atoms with Gasteiger partial charge in [0, 0.05) is 5.56 Å². The van der Waals surface area contributed by atoms with Crippen molar-refractivity contribution in [3.63, 3.8) is 0 Å². The molecule has 5 heteroatoms. The molecule has 0 spiro atoms. The summed E-state index contributed by atoms with van der Waals surface area (Å²) in [5.74, 6) is -2.43. The maximum absolute atomic E-state index is 12.5. The molecular weight excluding hydrogens is 240 g/mol. The number of halogens is 5. The van der Waals surface area contributed by atoms with Gasteiger partial charge in [0.15, 0.2) is 11.6 Å². The topological polar surface area (TPSA) is 0 Å². The van der Waals surface area contributed by atoms with Crippen molar-refractivity contribution in [1.29, 1.82) is 0 Å². The standard InChI is InChI=1S/C7H3BrF4/c8-4-1-3(7(11)12)2-5(9)6(4)10/h1-2,7H. The highest BCUT2D eigenvalue weighted by atomic mass is 79.9. The molecule has 0 aliphatic carbocycles. The largest absolute Gasteiger partial charge is 0.263 e. The molecule has 0 saturated heterocycles. The molecule has 1 rings (SSSR count).